The topological polar surface area (TPSA) is 35.2 Å². The van der Waals surface area contributed by atoms with Gasteiger partial charge in [-0.25, -0.2) is 0 Å². The van der Waals surface area contributed by atoms with E-state index in [1.54, 1.807) is 0 Å². The van der Waals surface area contributed by atoms with Crippen molar-refractivity contribution < 1.29 is 4.74 Å². The fourth-order valence-corrected chi connectivity index (χ4v) is 1.98. The van der Waals surface area contributed by atoms with Crippen LogP contribution in [0.3, 0.4) is 0 Å². The molecule has 1 aliphatic rings. The zero-order chi connectivity index (χ0) is 9.97. The Kier molecular flexibility index (Phi) is 2.94. The maximum atomic E-state index is 5.98. The third kappa shape index (κ3) is 2.02. The van der Waals surface area contributed by atoms with E-state index in [9.17, 15) is 0 Å². The number of benzene rings is 1. The van der Waals surface area contributed by atoms with Crippen molar-refractivity contribution in [2.75, 3.05) is 0 Å². The van der Waals surface area contributed by atoms with Crippen LogP contribution in [-0.4, -0.2) is 12.1 Å². The average molecular weight is 212 g/mol. The summed E-state index contributed by atoms with van der Waals surface area (Å²) in [6.45, 7) is 0. The summed E-state index contributed by atoms with van der Waals surface area (Å²) in [5.41, 5.74) is 5.91. The maximum Gasteiger partial charge on any atom is 0.138 e. The van der Waals surface area contributed by atoms with Gasteiger partial charge in [0.1, 0.15) is 11.9 Å². The average Bonchev–Trinajstić information content (AvgIpc) is 2.56. The lowest BCUT2D eigenvalue weighted by Gasteiger charge is -2.18. The number of halogens is 1. The molecule has 2 rings (SSSR count). The number of nitrogens with two attached hydrogens (primary N) is 1. The Morgan fingerprint density at radius 3 is 2.71 bits per heavy atom. The number of para-hydroxylation sites is 1. The van der Waals surface area contributed by atoms with Crippen LogP contribution in [0.1, 0.15) is 19.3 Å². The Balaban J connectivity index is 2.07. The Morgan fingerprint density at radius 1 is 1.29 bits per heavy atom. The molecular formula is C11H14ClNO. The van der Waals surface area contributed by atoms with E-state index in [0.717, 1.165) is 25.0 Å². The minimum Gasteiger partial charge on any atom is -0.487 e. The van der Waals surface area contributed by atoms with Gasteiger partial charge in [0.25, 0.3) is 0 Å². The van der Waals surface area contributed by atoms with E-state index < -0.39 is 0 Å². The highest BCUT2D eigenvalue weighted by atomic mass is 35.5. The van der Waals surface area contributed by atoms with Gasteiger partial charge in [-0.2, -0.15) is 0 Å². The van der Waals surface area contributed by atoms with Crippen LogP contribution in [0.25, 0.3) is 0 Å². The van der Waals surface area contributed by atoms with Crippen LogP contribution in [0.5, 0.6) is 5.75 Å². The van der Waals surface area contributed by atoms with Gasteiger partial charge in [0, 0.05) is 6.04 Å². The van der Waals surface area contributed by atoms with Gasteiger partial charge in [-0.1, -0.05) is 23.7 Å². The summed E-state index contributed by atoms with van der Waals surface area (Å²) in [5, 5.41) is 0.659. The zero-order valence-electron chi connectivity index (χ0n) is 7.95. The standard InChI is InChI=1S/C11H14ClNO/c12-8-4-1-2-6-10(8)14-11-7-3-5-9(11)13/h1-2,4,6,9,11H,3,5,7,13H2/t9-,11+/m0/s1. The van der Waals surface area contributed by atoms with E-state index in [4.69, 9.17) is 22.1 Å². The van der Waals surface area contributed by atoms with E-state index in [1.165, 1.54) is 0 Å². The number of ether oxygens (including phenoxy) is 1. The lowest BCUT2D eigenvalue weighted by molar-refractivity contribution is 0.192. The fraction of sp³-hybridized carbons (Fsp3) is 0.455. The first-order valence-electron chi connectivity index (χ1n) is 4.94. The van der Waals surface area contributed by atoms with Crippen molar-refractivity contribution in [3.8, 4) is 5.75 Å². The van der Waals surface area contributed by atoms with E-state index >= 15 is 0 Å². The normalized spacial score (nSPS) is 26.4. The lowest BCUT2D eigenvalue weighted by atomic mass is 10.2. The summed E-state index contributed by atoms with van der Waals surface area (Å²) in [7, 11) is 0. The van der Waals surface area contributed by atoms with Gasteiger partial charge in [-0.3, -0.25) is 0 Å². The Bertz CT molecular complexity index is 316. The molecule has 0 spiro atoms. The molecule has 1 aromatic rings. The van der Waals surface area contributed by atoms with Crippen LogP contribution >= 0.6 is 11.6 Å². The summed E-state index contributed by atoms with van der Waals surface area (Å²) in [5.74, 6) is 0.747. The molecule has 0 bridgehead atoms. The van der Waals surface area contributed by atoms with Crippen molar-refractivity contribution in [1.82, 2.24) is 0 Å². The maximum absolute atomic E-state index is 5.98. The minimum absolute atomic E-state index is 0.134. The zero-order valence-corrected chi connectivity index (χ0v) is 8.70. The number of rotatable bonds is 2. The second kappa shape index (κ2) is 4.20. The van der Waals surface area contributed by atoms with E-state index in [2.05, 4.69) is 0 Å². The first kappa shape index (κ1) is 9.81. The molecule has 2 N–H and O–H groups in total. The highest BCUT2D eigenvalue weighted by molar-refractivity contribution is 6.32. The molecule has 1 fully saturated rings. The van der Waals surface area contributed by atoms with Crippen LogP contribution in [0.15, 0.2) is 24.3 Å². The quantitative estimate of drug-likeness (QED) is 0.816. The highest BCUT2D eigenvalue weighted by Crippen LogP contribution is 2.28. The minimum atomic E-state index is 0.134. The molecule has 0 radical (unpaired) electrons. The molecule has 14 heavy (non-hydrogen) atoms. The Morgan fingerprint density at radius 2 is 2.07 bits per heavy atom. The van der Waals surface area contributed by atoms with Crippen LogP contribution < -0.4 is 10.5 Å². The predicted octanol–water partition coefficient (Wildman–Crippen LogP) is 2.60. The predicted molar refractivity (Wildman–Crippen MR) is 57.7 cm³/mol. The van der Waals surface area contributed by atoms with Gasteiger partial charge in [-0.05, 0) is 31.4 Å². The molecule has 1 aliphatic carbocycles. The smallest absolute Gasteiger partial charge is 0.138 e. The Hall–Kier alpha value is -0.730. The molecule has 0 heterocycles. The molecular weight excluding hydrogens is 198 g/mol. The summed E-state index contributed by atoms with van der Waals surface area (Å²) in [4.78, 5) is 0. The Labute approximate surface area is 89.0 Å². The van der Waals surface area contributed by atoms with Gasteiger partial charge in [-0.15, -0.1) is 0 Å². The lowest BCUT2D eigenvalue weighted by Crippen LogP contribution is -2.33. The molecule has 2 nitrogen and oxygen atoms in total. The van der Waals surface area contributed by atoms with Crippen molar-refractivity contribution in [3.05, 3.63) is 29.3 Å². The molecule has 0 aromatic heterocycles. The second-order valence-electron chi connectivity index (χ2n) is 3.68. The highest BCUT2D eigenvalue weighted by Gasteiger charge is 2.25. The summed E-state index contributed by atoms with van der Waals surface area (Å²) in [6.07, 6.45) is 3.37. The number of hydrogen-bond acceptors (Lipinski definition) is 2. The molecule has 0 unspecified atom stereocenters. The number of hydrogen-bond donors (Lipinski definition) is 1. The largest absolute Gasteiger partial charge is 0.487 e. The van der Waals surface area contributed by atoms with Crippen molar-refractivity contribution in [2.24, 2.45) is 5.73 Å². The first-order chi connectivity index (χ1) is 6.77. The van der Waals surface area contributed by atoms with Crippen molar-refractivity contribution >= 4 is 11.6 Å². The van der Waals surface area contributed by atoms with Crippen molar-refractivity contribution in [1.29, 1.82) is 0 Å². The molecule has 0 aliphatic heterocycles. The van der Waals surface area contributed by atoms with Gasteiger partial charge in [0.2, 0.25) is 0 Å². The van der Waals surface area contributed by atoms with Gasteiger partial charge in [0.05, 0.1) is 5.02 Å². The fourth-order valence-electron chi connectivity index (χ4n) is 1.80. The summed E-state index contributed by atoms with van der Waals surface area (Å²) < 4.78 is 5.76. The van der Waals surface area contributed by atoms with Crippen LogP contribution in [0.4, 0.5) is 0 Å². The summed E-state index contributed by atoms with van der Waals surface area (Å²) in [6, 6.07) is 7.68. The molecule has 1 saturated carbocycles. The second-order valence-corrected chi connectivity index (χ2v) is 4.09. The first-order valence-corrected chi connectivity index (χ1v) is 5.32. The van der Waals surface area contributed by atoms with E-state index in [-0.39, 0.29) is 12.1 Å². The van der Waals surface area contributed by atoms with Crippen LogP contribution in [0.2, 0.25) is 5.02 Å². The SMILES string of the molecule is N[C@H]1CCC[C@H]1Oc1ccccc1Cl. The third-order valence-electron chi connectivity index (χ3n) is 2.62. The third-order valence-corrected chi connectivity index (χ3v) is 2.93. The monoisotopic (exact) mass is 211 g/mol. The van der Waals surface area contributed by atoms with Crippen molar-refractivity contribution in [2.45, 2.75) is 31.4 Å². The molecule has 3 heteroatoms. The molecule has 0 amide bonds. The van der Waals surface area contributed by atoms with Crippen LogP contribution in [0, 0.1) is 0 Å². The molecule has 1 aromatic carbocycles. The van der Waals surface area contributed by atoms with Crippen molar-refractivity contribution in [3.63, 3.8) is 0 Å². The van der Waals surface area contributed by atoms with Gasteiger partial charge >= 0.3 is 0 Å². The molecule has 76 valence electrons. The van der Waals surface area contributed by atoms with Gasteiger partial charge in [0.15, 0.2) is 0 Å². The van der Waals surface area contributed by atoms with Crippen LogP contribution in [-0.2, 0) is 0 Å². The molecule has 0 saturated heterocycles. The summed E-state index contributed by atoms with van der Waals surface area (Å²) >= 11 is 5.98. The van der Waals surface area contributed by atoms with E-state index in [0.29, 0.717) is 5.02 Å². The molecule has 2 atom stereocenters. The van der Waals surface area contributed by atoms with Gasteiger partial charge < -0.3 is 10.5 Å². The van der Waals surface area contributed by atoms with E-state index in [1.807, 2.05) is 24.3 Å².